The Kier molecular flexibility index (Phi) is 7.57. The largest absolute Gasteiger partial charge is 0.411 e. The molecule has 2 heterocycles. The number of carbonyl (C=O) groups is 1. The van der Waals surface area contributed by atoms with Gasteiger partial charge in [0.1, 0.15) is 6.04 Å². The Hall–Kier alpha value is -0.643. The van der Waals surface area contributed by atoms with Crippen LogP contribution in [0.2, 0.25) is 28.2 Å². The van der Waals surface area contributed by atoms with Crippen LogP contribution in [0.5, 0.6) is 0 Å². The monoisotopic (exact) mass is 492 g/mol. The second-order valence-corrected chi connectivity index (χ2v) is 15.5. The second-order valence-electron chi connectivity index (χ2n) is 8.10. The topological polar surface area (TPSA) is 75.7 Å². The molecule has 168 valence electrons. The molecule has 10 heteroatoms. The van der Waals surface area contributed by atoms with Gasteiger partial charge in [-0.05, 0) is 55.6 Å². The number of carbonyl (C=O) groups excluding carboxylic acids is 1. The number of hydrogen-bond acceptors (Lipinski definition) is 4. The third-order valence-corrected chi connectivity index (χ3v) is 13.6. The summed E-state index contributed by atoms with van der Waals surface area (Å²) in [6, 6.07) is 5.99. The lowest BCUT2D eigenvalue weighted by molar-refractivity contribution is -0.125. The molecule has 2 bridgehead atoms. The maximum absolute atomic E-state index is 13.7. The van der Waals surface area contributed by atoms with E-state index in [0.717, 1.165) is 24.6 Å². The van der Waals surface area contributed by atoms with Crippen LogP contribution >= 0.6 is 23.2 Å². The predicted octanol–water partition coefficient (Wildman–Crippen LogP) is 4.43. The van der Waals surface area contributed by atoms with Gasteiger partial charge in [-0.2, -0.15) is 4.31 Å². The number of amides is 1. The van der Waals surface area contributed by atoms with E-state index >= 15 is 0 Å². The van der Waals surface area contributed by atoms with Crippen LogP contribution in [-0.4, -0.2) is 51.7 Å². The smallest absolute Gasteiger partial charge is 0.244 e. The van der Waals surface area contributed by atoms with Crippen molar-refractivity contribution in [3.63, 3.8) is 0 Å². The quantitative estimate of drug-likeness (QED) is 0.571. The maximum atomic E-state index is 13.7. The number of benzene rings is 1. The first-order valence-electron chi connectivity index (χ1n) is 10.6. The highest BCUT2D eigenvalue weighted by Gasteiger charge is 2.50. The first-order chi connectivity index (χ1) is 14.2. The summed E-state index contributed by atoms with van der Waals surface area (Å²) in [5.41, 5.74) is 0. The molecule has 6 nitrogen and oxygen atoms in total. The highest BCUT2D eigenvalue weighted by molar-refractivity contribution is 7.89. The third kappa shape index (κ3) is 4.59. The van der Waals surface area contributed by atoms with Gasteiger partial charge in [-0.25, -0.2) is 8.42 Å². The molecule has 2 saturated heterocycles. The van der Waals surface area contributed by atoms with Gasteiger partial charge < -0.3 is 9.74 Å². The van der Waals surface area contributed by atoms with Crippen LogP contribution in [0.15, 0.2) is 23.1 Å². The minimum absolute atomic E-state index is 0.00957. The summed E-state index contributed by atoms with van der Waals surface area (Å²) in [4.78, 5) is 12.9. The molecule has 2 aliphatic heterocycles. The number of nitrogens with one attached hydrogen (secondary N) is 1. The number of sulfonamides is 1. The summed E-state index contributed by atoms with van der Waals surface area (Å²) in [6.45, 7) is 6.75. The van der Waals surface area contributed by atoms with Gasteiger partial charge >= 0.3 is 0 Å². The fourth-order valence-corrected chi connectivity index (χ4v) is 10.1. The van der Waals surface area contributed by atoms with Gasteiger partial charge in [-0.3, -0.25) is 4.79 Å². The van der Waals surface area contributed by atoms with Crippen molar-refractivity contribution in [3.8, 4) is 0 Å². The molecular weight excluding hydrogens is 463 g/mol. The first-order valence-corrected chi connectivity index (χ1v) is 15.3. The molecule has 1 N–H and O–H groups in total. The Labute approximate surface area is 190 Å². The van der Waals surface area contributed by atoms with Crippen LogP contribution in [0.1, 0.15) is 40.0 Å². The number of nitrogens with zero attached hydrogens (tertiary/aromatic N) is 1. The molecule has 30 heavy (non-hydrogen) atoms. The Balaban J connectivity index is 2.06. The summed E-state index contributed by atoms with van der Waals surface area (Å²) in [5, 5.41) is 3.42. The molecule has 0 unspecified atom stereocenters. The molecule has 0 saturated carbocycles. The molecule has 0 radical (unpaired) electrons. The number of piperidine rings is 1. The van der Waals surface area contributed by atoms with E-state index in [4.69, 9.17) is 27.6 Å². The minimum atomic E-state index is -3.99. The number of fused-ring (bicyclic) bond motifs is 2. The number of hydrogen-bond donors (Lipinski definition) is 1. The van der Waals surface area contributed by atoms with Crippen LogP contribution < -0.4 is 5.32 Å². The Morgan fingerprint density at radius 3 is 2.27 bits per heavy atom. The number of rotatable bonds is 7. The molecule has 1 aromatic carbocycles. The van der Waals surface area contributed by atoms with Crippen LogP contribution in [0.4, 0.5) is 0 Å². The zero-order valence-corrected chi connectivity index (χ0v) is 21.0. The Morgan fingerprint density at radius 2 is 1.70 bits per heavy atom. The summed E-state index contributed by atoms with van der Waals surface area (Å²) < 4.78 is 35.5. The minimum Gasteiger partial charge on any atom is -0.411 e. The van der Waals surface area contributed by atoms with Crippen LogP contribution in [0.3, 0.4) is 0 Å². The SMILES string of the molecule is CC[Si](CC)(CC)O[C@H]1CNC(=O)[C@@H]2CCC[C@H]1N2S(=O)(=O)c1cc(Cl)cc(Cl)c1. The van der Waals surface area contributed by atoms with Gasteiger partial charge in [0.05, 0.1) is 17.0 Å². The van der Waals surface area contributed by atoms with Crippen molar-refractivity contribution in [2.24, 2.45) is 0 Å². The average Bonchev–Trinajstić information content (AvgIpc) is 2.80. The van der Waals surface area contributed by atoms with Gasteiger partial charge in [-0.1, -0.05) is 44.0 Å². The van der Waals surface area contributed by atoms with Gasteiger partial charge in [0, 0.05) is 16.6 Å². The standard InChI is InChI=1S/C20H30Cl2N2O4SSi/c1-4-30(5-2,6-3)28-19-13-23-20(25)18-9-7-8-17(19)24(18)29(26,27)16-11-14(21)10-15(22)12-16/h10-12,17-19H,4-9,13H2,1-3H3,(H,23,25)/t17-,18+,19+/m1/s1. The van der Waals surface area contributed by atoms with E-state index in [0.29, 0.717) is 19.4 Å². The summed E-state index contributed by atoms with van der Waals surface area (Å²) in [6.07, 6.45) is 1.56. The molecule has 0 spiro atoms. The van der Waals surface area contributed by atoms with E-state index < -0.39 is 30.4 Å². The average molecular weight is 494 g/mol. The van der Waals surface area contributed by atoms with Gasteiger partial charge in [0.2, 0.25) is 15.9 Å². The van der Waals surface area contributed by atoms with E-state index in [-0.39, 0.29) is 27.0 Å². The second kappa shape index (κ2) is 9.46. The van der Waals surface area contributed by atoms with E-state index in [1.165, 1.54) is 22.5 Å². The zero-order valence-electron chi connectivity index (χ0n) is 17.7. The van der Waals surface area contributed by atoms with Crippen molar-refractivity contribution in [1.82, 2.24) is 9.62 Å². The molecule has 2 fully saturated rings. The highest BCUT2D eigenvalue weighted by atomic mass is 35.5. The molecule has 0 aliphatic carbocycles. The molecule has 1 amide bonds. The van der Waals surface area contributed by atoms with Gasteiger partial charge in [0.15, 0.2) is 8.32 Å². The summed E-state index contributed by atoms with van der Waals surface area (Å²) >= 11 is 12.2. The van der Waals surface area contributed by atoms with Gasteiger partial charge in [0.25, 0.3) is 0 Å². The zero-order chi connectivity index (χ0) is 22.1. The summed E-state index contributed by atoms with van der Waals surface area (Å²) in [5.74, 6) is -0.265. The molecular formula is C20H30Cl2N2O4SSi. The maximum Gasteiger partial charge on any atom is 0.244 e. The molecule has 3 rings (SSSR count). The van der Waals surface area contributed by atoms with Crippen molar-refractivity contribution < 1.29 is 17.6 Å². The van der Waals surface area contributed by atoms with E-state index in [2.05, 4.69) is 26.1 Å². The molecule has 0 aromatic heterocycles. The first kappa shape index (κ1) is 24.0. The van der Waals surface area contributed by atoms with E-state index in [9.17, 15) is 13.2 Å². The molecule has 2 aliphatic rings. The van der Waals surface area contributed by atoms with E-state index in [1.54, 1.807) is 0 Å². The normalized spacial score (nSPS) is 25.6. The lowest BCUT2D eigenvalue weighted by Crippen LogP contribution is -2.57. The van der Waals surface area contributed by atoms with Crippen molar-refractivity contribution >= 4 is 47.4 Å². The molecule has 3 atom stereocenters. The third-order valence-electron chi connectivity index (χ3n) is 6.57. The fraction of sp³-hybridized carbons (Fsp3) is 0.650. The Morgan fingerprint density at radius 1 is 1.10 bits per heavy atom. The van der Waals surface area contributed by atoms with Crippen LogP contribution in [-0.2, 0) is 19.2 Å². The summed E-state index contributed by atoms with van der Waals surface area (Å²) in [7, 11) is -6.00. The van der Waals surface area contributed by atoms with Crippen molar-refractivity contribution in [1.29, 1.82) is 0 Å². The highest BCUT2D eigenvalue weighted by Crippen LogP contribution is 2.37. The fourth-order valence-electron chi connectivity index (χ4n) is 4.64. The van der Waals surface area contributed by atoms with Crippen molar-refractivity contribution in [2.45, 2.75) is 81.2 Å². The van der Waals surface area contributed by atoms with Crippen LogP contribution in [0.25, 0.3) is 0 Å². The van der Waals surface area contributed by atoms with Crippen molar-refractivity contribution in [2.75, 3.05) is 6.54 Å². The van der Waals surface area contributed by atoms with Gasteiger partial charge in [-0.15, -0.1) is 0 Å². The predicted molar refractivity (Wildman–Crippen MR) is 122 cm³/mol. The molecule has 1 aromatic rings. The van der Waals surface area contributed by atoms with Crippen LogP contribution in [0, 0.1) is 0 Å². The van der Waals surface area contributed by atoms with E-state index in [1.807, 2.05) is 0 Å². The number of halogens is 2. The Bertz CT molecular complexity index is 866. The lowest BCUT2D eigenvalue weighted by atomic mass is 9.96. The lowest BCUT2D eigenvalue weighted by Gasteiger charge is -2.43. The van der Waals surface area contributed by atoms with Crippen molar-refractivity contribution in [3.05, 3.63) is 28.2 Å².